The Morgan fingerprint density at radius 1 is 1.44 bits per heavy atom. The van der Waals surface area contributed by atoms with E-state index in [2.05, 4.69) is 15.3 Å². The maximum atomic E-state index is 13.3. The maximum absolute atomic E-state index is 13.3. The van der Waals surface area contributed by atoms with Gasteiger partial charge in [-0.05, 0) is 39.0 Å². The van der Waals surface area contributed by atoms with Crippen LogP contribution in [0.25, 0.3) is 11.0 Å². The Kier molecular flexibility index (Phi) is 2.58. The van der Waals surface area contributed by atoms with E-state index in [1.807, 2.05) is 25.1 Å². The number of imidazole rings is 1. The number of benzene rings is 1. The van der Waals surface area contributed by atoms with Crippen molar-refractivity contribution in [2.45, 2.75) is 26.4 Å². The zero-order valence-corrected chi connectivity index (χ0v) is 9.76. The molecule has 0 fully saturated rings. The minimum atomic E-state index is -1.21. The molecule has 1 heterocycles. The topological polar surface area (TPSA) is 40.7 Å². The molecule has 3 nitrogen and oxygen atoms in total. The maximum Gasteiger partial charge on any atom is 0.122 e. The molecule has 0 aliphatic heterocycles. The summed E-state index contributed by atoms with van der Waals surface area (Å²) in [4.78, 5) is 7.46. The third-order valence-electron chi connectivity index (χ3n) is 2.31. The van der Waals surface area contributed by atoms with E-state index in [4.69, 9.17) is 0 Å². The molecule has 1 aromatic heterocycles. The van der Waals surface area contributed by atoms with Crippen LogP contribution in [0.4, 0.5) is 10.1 Å². The molecule has 1 aromatic carbocycles. The average molecular weight is 221 g/mol. The van der Waals surface area contributed by atoms with Crippen molar-refractivity contribution < 1.29 is 4.39 Å². The number of anilines is 1. The number of hydrogen-bond acceptors (Lipinski definition) is 2. The number of halogens is 1. The highest BCUT2D eigenvalue weighted by atomic mass is 19.1. The van der Waals surface area contributed by atoms with Gasteiger partial charge in [-0.3, -0.25) is 0 Å². The number of alkyl halides is 1. The number of aromatic amines is 1. The predicted octanol–water partition coefficient (Wildman–Crippen LogP) is 3.03. The summed E-state index contributed by atoms with van der Waals surface area (Å²) in [5, 5.41) is 3.06. The third kappa shape index (κ3) is 2.51. The first-order valence-corrected chi connectivity index (χ1v) is 5.33. The number of H-pyrrole nitrogens is 1. The molecular formula is C12H16FN3. The Bertz CT molecular complexity index is 496. The summed E-state index contributed by atoms with van der Waals surface area (Å²) in [6.07, 6.45) is 0. The van der Waals surface area contributed by atoms with Crippen LogP contribution < -0.4 is 5.32 Å². The molecule has 86 valence electrons. The largest absolute Gasteiger partial charge is 0.382 e. The van der Waals surface area contributed by atoms with Crippen molar-refractivity contribution in [3.8, 4) is 0 Å². The van der Waals surface area contributed by atoms with Crippen molar-refractivity contribution in [1.82, 2.24) is 9.97 Å². The van der Waals surface area contributed by atoms with Gasteiger partial charge >= 0.3 is 0 Å². The van der Waals surface area contributed by atoms with Gasteiger partial charge in [-0.2, -0.15) is 0 Å². The summed E-state index contributed by atoms with van der Waals surface area (Å²) in [5.74, 6) is 0.887. The van der Waals surface area contributed by atoms with Gasteiger partial charge in [-0.15, -0.1) is 0 Å². The minimum absolute atomic E-state index is 0.297. The Labute approximate surface area is 94.1 Å². The van der Waals surface area contributed by atoms with Crippen LogP contribution in [0.2, 0.25) is 0 Å². The molecule has 2 aromatic rings. The first-order valence-electron chi connectivity index (χ1n) is 5.33. The highest BCUT2D eigenvalue weighted by Gasteiger charge is 2.14. The monoisotopic (exact) mass is 221 g/mol. The molecule has 0 saturated heterocycles. The van der Waals surface area contributed by atoms with Gasteiger partial charge in [0.15, 0.2) is 0 Å². The van der Waals surface area contributed by atoms with E-state index >= 15 is 0 Å². The summed E-state index contributed by atoms with van der Waals surface area (Å²) in [6, 6.07) is 5.78. The first kappa shape index (κ1) is 10.9. The van der Waals surface area contributed by atoms with Crippen LogP contribution in [0.3, 0.4) is 0 Å². The van der Waals surface area contributed by atoms with Gasteiger partial charge in [0.2, 0.25) is 0 Å². The van der Waals surface area contributed by atoms with Crippen LogP contribution in [0.5, 0.6) is 0 Å². The summed E-state index contributed by atoms with van der Waals surface area (Å²) in [6.45, 7) is 5.32. The number of nitrogens with zero attached hydrogens (tertiary/aromatic N) is 1. The molecule has 0 amide bonds. The second-order valence-electron chi connectivity index (χ2n) is 4.63. The van der Waals surface area contributed by atoms with Crippen LogP contribution in [-0.2, 0) is 0 Å². The van der Waals surface area contributed by atoms with E-state index in [-0.39, 0.29) is 0 Å². The van der Waals surface area contributed by atoms with Crippen molar-refractivity contribution in [3.05, 3.63) is 24.0 Å². The fourth-order valence-electron chi connectivity index (χ4n) is 1.56. The third-order valence-corrected chi connectivity index (χ3v) is 2.31. The predicted molar refractivity (Wildman–Crippen MR) is 64.5 cm³/mol. The van der Waals surface area contributed by atoms with E-state index in [1.165, 1.54) is 0 Å². The molecule has 4 heteroatoms. The fraction of sp³-hybridized carbons (Fsp3) is 0.417. The van der Waals surface area contributed by atoms with Crippen molar-refractivity contribution in [2.75, 3.05) is 11.9 Å². The van der Waals surface area contributed by atoms with Crippen molar-refractivity contribution in [3.63, 3.8) is 0 Å². The van der Waals surface area contributed by atoms with Crippen molar-refractivity contribution >= 4 is 16.7 Å². The van der Waals surface area contributed by atoms with Crippen LogP contribution >= 0.6 is 0 Å². The summed E-state index contributed by atoms with van der Waals surface area (Å²) >= 11 is 0. The van der Waals surface area contributed by atoms with E-state index in [0.29, 0.717) is 6.54 Å². The molecule has 0 aliphatic rings. The molecular weight excluding hydrogens is 205 g/mol. The molecule has 0 radical (unpaired) electrons. The van der Waals surface area contributed by atoms with Gasteiger partial charge in [0.25, 0.3) is 0 Å². The van der Waals surface area contributed by atoms with Crippen LogP contribution in [0.1, 0.15) is 19.7 Å². The number of aromatic nitrogens is 2. The summed E-state index contributed by atoms with van der Waals surface area (Å²) in [5.41, 5.74) is 1.60. The summed E-state index contributed by atoms with van der Waals surface area (Å²) in [7, 11) is 0. The molecule has 0 bridgehead atoms. The molecule has 0 atom stereocenters. The normalized spacial score (nSPS) is 12.0. The Morgan fingerprint density at radius 2 is 2.19 bits per heavy atom. The Morgan fingerprint density at radius 3 is 2.88 bits per heavy atom. The van der Waals surface area contributed by atoms with Crippen LogP contribution in [0, 0.1) is 6.92 Å². The lowest BCUT2D eigenvalue weighted by molar-refractivity contribution is 0.235. The fourth-order valence-corrected chi connectivity index (χ4v) is 1.56. The van der Waals surface area contributed by atoms with Gasteiger partial charge in [0.1, 0.15) is 11.5 Å². The SMILES string of the molecule is Cc1nc2ccc(NCC(C)(C)F)cc2[nH]1. The van der Waals surface area contributed by atoms with Gasteiger partial charge < -0.3 is 10.3 Å². The number of hydrogen-bond donors (Lipinski definition) is 2. The highest BCUT2D eigenvalue weighted by Crippen LogP contribution is 2.18. The van der Waals surface area contributed by atoms with E-state index in [0.717, 1.165) is 22.5 Å². The Balaban J connectivity index is 2.19. The quantitative estimate of drug-likeness (QED) is 0.836. The molecule has 0 saturated carbocycles. The lowest BCUT2D eigenvalue weighted by Crippen LogP contribution is -2.24. The average Bonchev–Trinajstić information content (AvgIpc) is 2.52. The van der Waals surface area contributed by atoms with E-state index in [1.54, 1.807) is 13.8 Å². The second-order valence-corrected chi connectivity index (χ2v) is 4.63. The van der Waals surface area contributed by atoms with Gasteiger partial charge in [-0.1, -0.05) is 0 Å². The van der Waals surface area contributed by atoms with Crippen LogP contribution in [0.15, 0.2) is 18.2 Å². The minimum Gasteiger partial charge on any atom is -0.382 e. The van der Waals surface area contributed by atoms with E-state index < -0.39 is 5.67 Å². The number of rotatable bonds is 3. The Hall–Kier alpha value is -1.58. The number of nitrogens with one attached hydrogen (secondary N) is 2. The zero-order chi connectivity index (χ0) is 11.8. The van der Waals surface area contributed by atoms with Gasteiger partial charge in [0.05, 0.1) is 11.0 Å². The van der Waals surface area contributed by atoms with Crippen molar-refractivity contribution in [1.29, 1.82) is 0 Å². The molecule has 16 heavy (non-hydrogen) atoms. The highest BCUT2D eigenvalue weighted by molar-refractivity contribution is 5.79. The number of fused-ring (bicyclic) bond motifs is 1. The lowest BCUT2D eigenvalue weighted by Gasteiger charge is -2.15. The molecule has 0 aliphatic carbocycles. The smallest absolute Gasteiger partial charge is 0.122 e. The molecule has 2 N–H and O–H groups in total. The molecule has 2 rings (SSSR count). The lowest BCUT2D eigenvalue weighted by atomic mass is 10.1. The standard InChI is InChI=1S/C12H16FN3/c1-8-15-10-5-4-9(6-11(10)16-8)14-7-12(2,3)13/h4-6,14H,7H2,1-3H3,(H,15,16). The second kappa shape index (κ2) is 3.77. The zero-order valence-electron chi connectivity index (χ0n) is 9.76. The molecule has 0 spiro atoms. The van der Waals surface area contributed by atoms with Gasteiger partial charge in [-0.25, -0.2) is 9.37 Å². The number of aryl methyl sites for hydroxylation is 1. The summed E-state index contributed by atoms with van der Waals surface area (Å²) < 4.78 is 13.3. The van der Waals surface area contributed by atoms with Gasteiger partial charge in [0, 0.05) is 12.2 Å². The molecule has 0 unspecified atom stereocenters. The first-order chi connectivity index (χ1) is 7.44. The van der Waals surface area contributed by atoms with Crippen LogP contribution in [-0.4, -0.2) is 22.2 Å². The van der Waals surface area contributed by atoms with Crippen molar-refractivity contribution in [2.24, 2.45) is 0 Å². The van der Waals surface area contributed by atoms with E-state index in [9.17, 15) is 4.39 Å².